The lowest BCUT2D eigenvalue weighted by Crippen LogP contribution is -2.39. The van der Waals surface area contributed by atoms with Gasteiger partial charge in [0.25, 0.3) is 0 Å². The van der Waals surface area contributed by atoms with Crippen LogP contribution in [0.4, 0.5) is 14.5 Å². The van der Waals surface area contributed by atoms with Crippen LogP contribution in [0, 0.1) is 30.9 Å². The number of aryl methyl sites for hydroxylation is 1. The van der Waals surface area contributed by atoms with Crippen LogP contribution in [-0.2, 0) is 0 Å². The Balaban J connectivity index is 2.00. The lowest BCUT2D eigenvalue weighted by atomic mass is 10.0. The van der Waals surface area contributed by atoms with Crippen molar-refractivity contribution in [2.45, 2.75) is 25.8 Å². The highest BCUT2D eigenvalue weighted by Crippen LogP contribution is 2.24. The molecule has 0 spiro atoms. The zero-order valence-corrected chi connectivity index (χ0v) is 11.0. The standard InChI is InChI=1S/C15H18F2N2/c1-3-8-19-9-6-12(7-10-19)18-15-13(16)5-4-11(2)14(15)17/h1,4-5,12,18H,6-10H2,2H3. The average molecular weight is 264 g/mol. The van der Waals surface area contributed by atoms with Gasteiger partial charge in [0, 0.05) is 19.1 Å². The van der Waals surface area contributed by atoms with Crippen LogP contribution in [0.25, 0.3) is 0 Å². The summed E-state index contributed by atoms with van der Waals surface area (Å²) >= 11 is 0. The molecule has 1 aromatic rings. The maximum atomic E-state index is 13.9. The Morgan fingerprint density at radius 3 is 2.68 bits per heavy atom. The number of terminal acetylenes is 1. The molecule has 1 fully saturated rings. The molecule has 0 aliphatic carbocycles. The SMILES string of the molecule is C#CCN1CCC(Nc2c(F)ccc(C)c2F)CC1. The monoisotopic (exact) mass is 264 g/mol. The first-order valence-electron chi connectivity index (χ1n) is 6.48. The molecular weight excluding hydrogens is 246 g/mol. The van der Waals surface area contributed by atoms with Crippen LogP contribution in [0.2, 0.25) is 0 Å². The van der Waals surface area contributed by atoms with Crippen molar-refractivity contribution < 1.29 is 8.78 Å². The van der Waals surface area contributed by atoms with Gasteiger partial charge in [-0.15, -0.1) is 6.42 Å². The maximum Gasteiger partial charge on any atom is 0.152 e. The first-order valence-corrected chi connectivity index (χ1v) is 6.48. The normalized spacial score (nSPS) is 17.2. The van der Waals surface area contributed by atoms with Crippen molar-refractivity contribution in [3.05, 3.63) is 29.3 Å². The van der Waals surface area contributed by atoms with Gasteiger partial charge in [-0.25, -0.2) is 8.78 Å². The van der Waals surface area contributed by atoms with Crippen LogP contribution in [0.15, 0.2) is 12.1 Å². The number of halogens is 2. The number of likely N-dealkylation sites (tertiary alicyclic amines) is 1. The fraction of sp³-hybridized carbons (Fsp3) is 0.467. The average Bonchev–Trinajstić information content (AvgIpc) is 2.41. The van der Waals surface area contributed by atoms with Gasteiger partial charge in [-0.05, 0) is 31.4 Å². The third kappa shape index (κ3) is 3.24. The van der Waals surface area contributed by atoms with E-state index in [1.807, 2.05) is 0 Å². The Labute approximate surface area is 112 Å². The predicted octanol–water partition coefficient (Wildman–Crippen LogP) is 2.78. The second-order valence-corrected chi connectivity index (χ2v) is 4.95. The van der Waals surface area contributed by atoms with Crippen LogP contribution < -0.4 is 5.32 Å². The second kappa shape index (κ2) is 6.03. The fourth-order valence-electron chi connectivity index (χ4n) is 2.36. The van der Waals surface area contributed by atoms with E-state index in [-0.39, 0.29) is 11.7 Å². The molecule has 0 radical (unpaired) electrons. The third-order valence-electron chi connectivity index (χ3n) is 3.54. The Hall–Kier alpha value is -1.60. The molecule has 1 aromatic carbocycles. The first-order chi connectivity index (χ1) is 9.11. The van der Waals surface area contributed by atoms with Crippen molar-refractivity contribution in [3.8, 4) is 12.3 Å². The van der Waals surface area contributed by atoms with Crippen molar-refractivity contribution in [3.63, 3.8) is 0 Å². The van der Waals surface area contributed by atoms with Crippen molar-refractivity contribution in [1.29, 1.82) is 0 Å². The largest absolute Gasteiger partial charge is 0.377 e. The first kappa shape index (κ1) is 13.8. The molecule has 0 unspecified atom stereocenters. The number of benzene rings is 1. The fourth-order valence-corrected chi connectivity index (χ4v) is 2.36. The van der Waals surface area contributed by atoms with E-state index in [4.69, 9.17) is 6.42 Å². The zero-order valence-electron chi connectivity index (χ0n) is 11.0. The van der Waals surface area contributed by atoms with E-state index in [1.165, 1.54) is 12.1 Å². The van der Waals surface area contributed by atoms with Gasteiger partial charge < -0.3 is 5.32 Å². The highest BCUT2D eigenvalue weighted by atomic mass is 19.1. The Kier molecular flexibility index (Phi) is 4.39. The summed E-state index contributed by atoms with van der Waals surface area (Å²) in [5.41, 5.74) is 0.448. The molecule has 1 aliphatic rings. The summed E-state index contributed by atoms with van der Waals surface area (Å²) in [5, 5.41) is 2.99. The minimum atomic E-state index is -0.533. The molecule has 1 N–H and O–H groups in total. The summed E-state index contributed by atoms with van der Waals surface area (Å²) in [6.07, 6.45) is 6.95. The predicted molar refractivity (Wildman–Crippen MR) is 73.0 cm³/mol. The highest BCUT2D eigenvalue weighted by Gasteiger charge is 2.21. The van der Waals surface area contributed by atoms with E-state index >= 15 is 0 Å². The molecule has 0 saturated carbocycles. The maximum absolute atomic E-state index is 13.9. The van der Waals surface area contributed by atoms with Gasteiger partial charge in [-0.1, -0.05) is 12.0 Å². The molecule has 2 rings (SSSR count). The van der Waals surface area contributed by atoms with E-state index in [0.717, 1.165) is 25.9 Å². The molecule has 1 saturated heterocycles. The molecule has 1 heterocycles. The summed E-state index contributed by atoms with van der Waals surface area (Å²) in [6.45, 7) is 3.99. The second-order valence-electron chi connectivity index (χ2n) is 4.95. The molecule has 0 amide bonds. The van der Waals surface area contributed by atoms with Gasteiger partial charge in [0.1, 0.15) is 11.5 Å². The smallest absolute Gasteiger partial charge is 0.152 e. The van der Waals surface area contributed by atoms with Crippen molar-refractivity contribution in [2.75, 3.05) is 25.0 Å². The van der Waals surface area contributed by atoms with Gasteiger partial charge in [0.05, 0.1) is 6.54 Å². The minimum absolute atomic E-state index is 0.00426. The molecular formula is C15H18F2N2. The number of nitrogens with zero attached hydrogens (tertiary/aromatic N) is 1. The minimum Gasteiger partial charge on any atom is -0.377 e. The molecule has 4 heteroatoms. The van der Waals surface area contributed by atoms with Crippen molar-refractivity contribution in [1.82, 2.24) is 4.90 Å². The van der Waals surface area contributed by atoms with Gasteiger partial charge in [-0.3, -0.25) is 4.90 Å². The zero-order chi connectivity index (χ0) is 13.8. The summed E-state index contributed by atoms with van der Waals surface area (Å²) in [5.74, 6) is 1.59. The molecule has 2 nitrogen and oxygen atoms in total. The highest BCUT2D eigenvalue weighted by molar-refractivity contribution is 5.49. The molecule has 0 bridgehead atoms. The summed E-state index contributed by atoms with van der Waals surface area (Å²) < 4.78 is 27.5. The van der Waals surface area contributed by atoms with E-state index < -0.39 is 11.6 Å². The molecule has 19 heavy (non-hydrogen) atoms. The van der Waals surface area contributed by atoms with E-state index in [9.17, 15) is 8.78 Å². The van der Waals surface area contributed by atoms with Crippen LogP contribution in [0.3, 0.4) is 0 Å². The molecule has 102 valence electrons. The Morgan fingerprint density at radius 1 is 1.37 bits per heavy atom. The topological polar surface area (TPSA) is 15.3 Å². The van der Waals surface area contributed by atoms with Crippen molar-refractivity contribution >= 4 is 5.69 Å². The number of rotatable bonds is 3. The number of nitrogens with one attached hydrogen (secondary N) is 1. The number of hydrogen-bond donors (Lipinski definition) is 1. The number of anilines is 1. The number of piperidine rings is 1. The summed E-state index contributed by atoms with van der Waals surface area (Å²) in [4.78, 5) is 2.17. The summed E-state index contributed by atoms with van der Waals surface area (Å²) in [7, 11) is 0. The molecule has 0 aromatic heterocycles. The Morgan fingerprint density at radius 2 is 2.05 bits per heavy atom. The third-order valence-corrected chi connectivity index (χ3v) is 3.54. The lowest BCUT2D eigenvalue weighted by Gasteiger charge is -2.31. The lowest BCUT2D eigenvalue weighted by molar-refractivity contribution is 0.243. The molecule has 0 atom stereocenters. The van der Waals surface area contributed by atoms with E-state index in [1.54, 1.807) is 6.92 Å². The quantitative estimate of drug-likeness (QED) is 0.845. The van der Waals surface area contributed by atoms with Crippen LogP contribution >= 0.6 is 0 Å². The van der Waals surface area contributed by atoms with Gasteiger partial charge in [0.15, 0.2) is 5.82 Å². The van der Waals surface area contributed by atoms with Crippen LogP contribution in [0.5, 0.6) is 0 Å². The van der Waals surface area contributed by atoms with Crippen molar-refractivity contribution in [2.24, 2.45) is 0 Å². The molecule has 1 aliphatic heterocycles. The van der Waals surface area contributed by atoms with Crippen LogP contribution in [-0.4, -0.2) is 30.6 Å². The van der Waals surface area contributed by atoms with Gasteiger partial charge in [-0.2, -0.15) is 0 Å². The van der Waals surface area contributed by atoms with Gasteiger partial charge >= 0.3 is 0 Å². The van der Waals surface area contributed by atoms with Gasteiger partial charge in [0.2, 0.25) is 0 Å². The number of hydrogen-bond acceptors (Lipinski definition) is 2. The van der Waals surface area contributed by atoms with Crippen LogP contribution in [0.1, 0.15) is 18.4 Å². The Bertz CT molecular complexity index is 486. The van der Waals surface area contributed by atoms with E-state index in [0.29, 0.717) is 12.1 Å². The van der Waals surface area contributed by atoms with E-state index in [2.05, 4.69) is 16.1 Å². The summed E-state index contributed by atoms with van der Waals surface area (Å²) in [6, 6.07) is 2.85.